The van der Waals surface area contributed by atoms with Crippen molar-refractivity contribution in [3.05, 3.63) is 29.8 Å². The second kappa shape index (κ2) is 8.06. The molecule has 0 atom stereocenters. The molecule has 1 rings (SSSR count). The lowest BCUT2D eigenvalue weighted by Gasteiger charge is -2.17. The molecule has 1 aromatic carbocycles. The first-order valence-electron chi connectivity index (χ1n) is 5.98. The van der Waals surface area contributed by atoms with Gasteiger partial charge in [-0.1, -0.05) is 12.1 Å². The predicted octanol–water partition coefficient (Wildman–Crippen LogP) is 1.88. The van der Waals surface area contributed by atoms with Crippen LogP contribution in [0.1, 0.15) is 19.4 Å². The molecule has 0 aromatic heterocycles. The first-order valence-corrected chi connectivity index (χ1v) is 5.98. The summed E-state index contributed by atoms with van der Waals surface area (Å²) in [6.45, 7) is 6.58. The van der Waals surface area contributed by atoms with Crippen LogP contribution in [0.5, 0.6) is 5.75 Å². The highest BCUT2D eigenvalue weighted by molar-refractivity contribution is 5.25. The SMILES string of the molecule is CCOC(CNCc1ccc(O)cc1)OCC. The van der Waals surface area contributed by atoms with E-state index in [4.69, 9.17) is 14.6 Å². The Morgan fingerprint density at radius 1 is 1.12 bits per heavy atom. The van der Waals surface area contributed by atoms with Gasteiger partial charge in [-0.2, -0.15) is 0 Å². The Labute approximate surface area is 103 Å². The van der Waals surface area contributed by atoms with Crippen LogP contribution in [-0.2, 0) is 16.0 Å². The predicted molar refractivity (Wildman–Crippen MR) is 66.9 cm³/mol. The summed E-state index contributed by atoms with van der Waals surface area (Å²) >= 11 is 0. The van der Waals surface area contributed by atoms with Gasteiger partial charge in [0.15, 0.2) is 6.29 Å². The lowest BCUT2D eigenvalue weighted by Crippen LogP contribution is -2.31. The number of rotatable bonds is 8. The topological polar surface area (TPSA) is 50.7 Å². The minimum atomic E-state index is -0.192. The van der Waals surface area contributed by atoms with E-state index in [1.807, 2.05) is 26.0 Å². The van der Waals surface area contributed by atoms with E-state index >= 15 is 0 Å². The Morgan fingerprint density at radius 3 is 2.24 bits per heavy atom. The molecule has 4 heteroatoms. The van der Waals surface area contributed by atoms with Crippen LogP contribution in [0.15, 0.2) is 24.3 Å². The number of hydrogen-bond acceptors (Lipinski definition) is 4. The maximum Gasteiger partial charge on any atom is 0.169 e. The van der Waals surface area contributed by atoms with Crippen molar-refractivity contribution in [2.24, 2.45) is 0 Å². The van der Waals surface area contributed by atoms with Crippen LogP contribution >= 0.6 is 0 Å². The molecule has 1 aromatic rings. The fraction of sp³-hybridized carbons (Fsp3) is 0.538. The molecule has 4 nitrogen and oxygen atoms in total. The summed E-state index contributed by atoms with van der Waals surface area (Å²) in [6.07, 6.45) is -0.192. The number of phenols is 1. The highest BCUT2D eigenvalue weighted by Gasteiger charge is 2.06. The molecule has 0 amide bonds. The Balaban J connectivity index is 2.27. The molecule has 2 N–H and O–H groups in total. The van der Waals surface area contributed by atoms with Gasteiger partial charge in [0, 0.05) is 26.3 Å². The zero-order chi connectivity index (χ0) is 12.5. The average molecular weight is 239 g/mol. The quantitative estimate of drug-likeness (QED) is 0.680. The van der Waals surface area contributed by atoms with Gasteiger partial charge in [-0.05, 0) is 31.5 Å². The van der Waals surface area contributed by atoms with E-state index in [2.05, 4.69) is 5.32 Å². The van der Waals surface area contributed by atoms with Crippen molar-refractivity contribution in [1.29, 1.82) is 0 Å². The molecule has 0 aliphatic carbocycles. The Kier molecular flexibility index (Phi) is 6.62. The lowest BCUT2D eigenvalue weighted by atomic mass is 10.2. The fourth-order valence-electron chi connectivity index (χ4n) is 1.49. The molecule has 0 saturated heterocycles. The van der Waals surface area contributed by atoms with Crippen molar-refractivity contribution in [2.75, 3.05) is 19.8 Å². The number of aromatic hydroxyl groups is 1. The van der Waals surface area contributed by atoms with E-state index in [1.54, 1.807) is 12.1 Å². The molecule has 96 valence electrons. The highest BCUT2D eigenvalue weighted by atomic mass is 16.7. The van der Waals surface area contributed by atoms with Crippen molar-refractivity contribution in [3.8, 4) is 5.75 Å². The Hall–Kier alpha value is -1.10. The molecule has 0 aliphatic rings. The van der Waals surface area contributed by atoms with Gasteiger partial charge in [0.05, 0.1) is 0 Å². The first-order chi connectivity index (χ1) is 8.26. The Morgan fingerprint density at radius 2 is 1.71 bits per heavy atom. The highest BCUT2D eigenvalue weighted by Crippen LogP contribution is 2.09. The fourth-order valence-corrected chi connectivity index (χ4v) is 1.49. The molecule has 0 heterocycles. The maximum absolute atomic E-state index is 9.15. The van der Waals surface area contributed by atoms with Crippen molar-refractivity contribution in [2.45, 2.75) is 26.7 Å². The summed E-state index contributed by atoms with van der Waals surface area (Å²) in [4.78, 5) is 0. The van der Waals surface area contributed by atoms with Crippen molar-refractivity contribution in [3.63, 3.8) is 0 Å². The van der Waals surface area contributed by atoms with E-state index in [1.165, 1.54) is 0 Å². The van der Waals surface area contributed by atoms with Crippen LogP contribution in [-0.4, -0.2) is 31.2 Å². The van der Waals surface area contributed by atoms with E-state index in [0.717, 1.165) is 12.1 Å². The van der Waals surface area contributed by atoms with Gasteiger partial charge in [-0.25, -0.2) is 0 Å². The van der Waals surface area contributed by atoms with Crippen LogP contribution in [0.25, 0.3) is 0 Å². The summed E-state index contributed by atoms with van der Waals surface area (Å²) in [5.41, 5.74) is 1.12. The van der Waals surface area contributed by atoms with E-state index in [9.17, 15) is 0 Å². The molecule has 0 fully saturated rings. The first kappa shape index (κ1) is 14.0. The summed E-state index contributed by atoms with van der Waals surface area (Å²) < 4.78 is 10.8. The number of hydrogen-bond donors (Lipinski definition) is 2. The number of benzene rings is 1. The molecular formula is C13H21NO3. The summed E-state index contributed by atoms with van der Waals surface area (Å²) in [7, 11) is 0. The monoisotopic (exact) mass is 239 g/mol. The molecule has 17 heavy (non-hydrogen) atoms. The average Bonchev–Trinajstić information content (AvgIpc) is 2.32. The second-order valence-corrected chi connectivity index (χ2v) is 3.64. The smallest absolute Gasteiger partial charge is 0.169 e. The standard InChI is InChI=1S/C13H21NO3/c1-3-16-13(17-4-2)10-14-9-11-5-7-12(15)8-6-11/h5-8,13-15H,3-4,9-10H2,1-2H3. The third kappa shape index (κ3) is 5.68. The molecule has 0 radical (unpaired) electrons. The van der Waals surface area contributed by atoms with Gasteiger partial charge < -0.3 is 19.9 Å². The molecule has 0 saturated carbocycles. The molecule has 0 spiro atoms. The van der Waals surface area contributed by atoms with E-state index in [-0.39, 0.29) is 12.0 Å². The Bertz CT molecular complexity index is 294. The van der Waals surface area contributed by atoms with Gasteiger partial charge >= 0.3 is 0 Å². The van der Waals surface area contributed by atoms with Gasteiger partial charge in [-0.15, -0.1) is 0 Å². The largest absolute Gasteiger partial charge is 0.508 e. The zero-order valence-corrected chi connectivity index (χ0v) is 10.5. The van der Waals surface area contributed by atoms with Gasteiger partial charge in [0.25, 0.3) is 0 Å². The van der Waals surface area contributed by atoms with Crippen LogP contribution in [0.2, 0.25) is 0 Å². The third-order valence-electron chi connectivity index (χ3n) is 2.28. The summed E-state index contributed by atoms with van der Waals surface area (Å²) in [5.74, 6) is 0.287. The lowest BCUT2D eigenvalue weighted by molar-refractivity contribution is -0.133. The third-order valence-corrected chi connectivity index (χ3v) is 2.28. The maximum atomic E-state index is 9.15. The van der Waals surface area contributed by atoms with Crippen molar-refractivity contribution in [1.82, 2.24) is 5.32 Å². The molecule has 0 bridgehead atoms. The summed E-state index contributed by atoms with van der Waals surface area (Å²) in [6, 6.07) is 7.14. The molecule has 0 aliphatic heterocycles. The van der Waals surface area contributed by atoms with Gasteiger partial charge in [0.2, 0.25) is 0 Å². The number of phenolic OH excluding ortho intramolecular Hbond substituents is 1. The van der Waals surface area contributed by atoms with Crippen molar-refractivity contribution >= 4 is 0 Å². The number of ether oxygens (including phenoxy) is 2. The normalized spacial score (nSPS) is 11.0. The van der Waals surface area contributed by atoms with E-state index < -0.39 is 0 Å². The minimum absolute atomic E-state index is 0.192. The molecular weight excluding hydrogens is 218 g/mol. The minimum Gasteiger partial charge on any atom is -0.508 e. The van der Waals surface area contributed by atoms with Crippen LogP contribution in [0.4, 0.5) is 0 Å². The van der Waals surface area contributed by atoms with Gasteiger partial charge in [0.1, 0.15) is 5.75 Å². The van der Waals surface area contributed by atoms with Crippen LogP contribution < -0.4 is 5.32 Å². The second-order valence-electron chi connectivity index (χ2n) is 3.64. The molecule has 0 unspecified atom stereocenters. The van der Waals surface area contributed by atoms with E-state index in [0.29, 0.717) is 19.8 Å². The van der Waals surface area contributed by atoms with Crippen LogP contribution in [0.3, 0.4) is 0 Å². The van der Waals surface area contributed by atoms with Gasteiger partial charge in [-0.3, -0.25) is 0 Å². The summed E-state index contributed by atoms with van der Waals surface area (Å²) in [5, 5.41) is 12.4. The van der Waals surface area contributed by atoms with Crippen LogP contribution in [0, 0.1) is 0 Å². The van der Waals surface area contributed by atoms with Crippen molar-refractivity contribution < 1.29 is 14.6 Å². The zero-order valence-electron chi connectivity index (χ0n) is 10.5. The number of nitrogens with one attached hydrogen (secondary N) is 1.